The van der Waals surface area contributed by atoms with Crippen molar-refractivity contribution in [1.29, 1.82) is 0 Å². The lowest BCUT2D eigenvalue weighted by Gasteiger charge is -2.07. The largest absolute Gasteiger partial charge is 0.456 e. The molecule has 0 spiro atoms. The van der Waals surface area contributed by atoms with Crippen molar-refractivity contribution >= 4 is 49.5 Å². The van der Waals surface area contributed by atoms with Gasteiger partial charge in [-0.2, -0.15) is 0 Å². The Hall–Kier alpha value is -1.77. The van der Waals surface area contributed by atoms with E-state index in [1.807, 2.05) is 48.5 Å². The number of rotatable bonds is 1. The Morgan fingerprint density at radius 3 is 2.48 bits per heavy atom. The van der Waals surface area contributed by atoms with Crippen LogP contribution in [-0.4, -0.2) is 0 Å². The van der Waals surface area contributed by atoms with Crippen LogP contribution < -0.4 is 0 Å². The summed E-state index contributed by atoms with van der Waals surface area (Å²) in [5.74, 6) is 0. The molecule has 0 saturated carbocycles. The quantitative estimate of drug-likeness (QED) is 0.371. The normalized spacial score (nSPS) is 11.3. The Bertz CT molecular complexity index is 951. The fraction of sp³-hybridized carbons (Fsp3) is 0. The minimum Gasteiger partial charge on any atom is -0.456 e. The summed E-state index contributed by atoms with van der Waals surface area (Å²) in [6, 6.07) is 20.1. The smallest absolute Gasteiger partial charge is 0.135 e. The van der Waals surface area contributed by atoms with Gasteiger partial charge in [-0.25, -0.2) is 0 Å². The first-order chi connectivity index (χ1) is 10.2. The van der Waals surface area contributed by atoms with Crippen LogP contribution in [0, 0.1) is 0 Å². The molecule has 0 atom stereocenters. The van der Waals surface area contributed by atoms with Gasteiger partial charge in [0.1, 0.15) is 11.2 Å². The number of benzene rings is 3. The Balaban J connectivity index is 2.05. The van der Waals surface area contributed by atoms with E-state index in [-0.39, 0.29) is 0 Å². The average Bonchev–Trinajstić information content (AvgIpc) is 2.85. The second-order valence-corrected chi connectivity index (χ2v) is 6.17. The number of fused-ring (bicyclic) bond motifs is 3. The van der Waals surface area contributed by atoms with Gasteiger partial charge in [0, 0.05) is 25.8 Å². The van der Waals surface area contributed by atoms with Gasteiger partial charge in [-0.1, -0.05) is 57.9 Å². The zero-order valence-electron chi connectivity index (χ0n) is 10.9. The van der Waals surface area contributed by atoms with Crippen LogP contribution in [0.5, 0.6) is 0 Å². The predicted octanol–water partition coefficient (Wildman–Crippen LogP) is 6.67. The van der Waals surface area contributed by atoms with Crippen LogP contribution in [0.1, 0.15) is 0 Å². The molecule has 1 heterocycles. The van der Waals surface area contributed by atoms with Gasteiger partial charge in [0.25, 0.3) is 0 Å². The van der Waals surface area contributed by atoms with E-state index in [0.29, 0.717) is 0 Å². The van der Waals surface area contributed by atoms with Crippen LogP contribution in [0.15, 0.2) is 69.6 Å². The fourth-order valence-electron chi connectivity index (χ4n) is 2.66. The van der Waals surface area contributed by atoms with Crippen molar-refractivity contribution < 1.29 is 4.42 Å². The maximum atomic E-state index is 6.35. The minimum atomic E-state index is 0.733. The van der Waals surface area contributed by atoms with Crippen molar-refractivity contribution in [2.75, 3.05) is 0 Å². The van der Waals surface area contributed by atoms with Crippen LogP contribution in [0.25, 0.3) is 33.1 Å². The van der Waals surface area contributed by atoms with Crippen molar-refractivity contribution in [1.82, 2.24) is 0 Å². The molecule has 3 heteroatoms. The van der Waals surface area contributed by atoms with Gasteiger partial charge in [0.15, 0.2) is 0 Å². The van der Waals surface area contributed by atoms with Crippen LogP contribution in [0.4, 0.5) is 0 Å². The monoisotopic (exact) mass is 356 g/mol. The fourth-order valence-corrected chi connectivity index (χ4v) is 3.65. The lowest BCUT2D eigenvalue weighted by Crippen LogP contribution is -1.81. The van der Waals surface area contributed by atoms with E-state index in [1.165, 1.54) is 0 Å². The van der Waals surface area contributed by atoms with Gasteiger partial charge in [0.2, 0.25) is 0 Å². The standard InChI is InChI=1S/C18H10BrClO/c19-14-5-3-6-15(20)18(14)11-8-9-17-13(10-11)12-4-1-2-7-16(12)21-17/h1-10H. The summed E-state index contributed by atoms with van der Waals surface area (Å²) < 4.78 is 6.85. The molecule has 0 bridgehead atoms. The van der Waals surface area contributed by atoms with Crippen molar-refractivity contribution in [2.24, 2.45) is 0 Å². The second kappa shape index (κ2) is 4.90. The first-order valence-corrected chi connectivity index (χ1v) is 7.77. The molecule has 0 aliphatic carbocycles. The number of halogens is 2. The highest BCUT2D eigenvalue weighted by Gasteiger charge is 2.11. The molecule has 0 amide bonds. The summed E-state index contributed by atoms with van der Waals surface area (Å²) in [6.45, 7) is 0. The predicted molar refractivity (Wildman–Crippen MR) is 91.9 cm³/mol. The zero-order chi connectivity index (χ0) is 14.4. The Kier molecular flexibility index (Phi) is 3.02. The lowest BCUT2D eigenvalue weighted by molar-refractivity contribution is 0.669. The van der Waals surface area contributed by atoms with Crippen LogP contribution >= 0.6 is 27.5 Å². The maximum Gasteiger partial charge on any atom is 0.135 e. The van der Waals surface area contributed by atoms with E-state index in [2.05, 4.69) is 28.1 Å². The van der Waals surface area contributed by atoms with Crippen molar-refractivity contribution in [3.63, 3.8) is 0 Å². The van der Waals surface area contributed by atoms with Crippen molar-refractivity contribution in [3.05, 3.63) is 70.2 Å². The molecule has 0 saturated heterocycles. The molecule has 1 nitrogen and oxygen atoms in total. The van der Waals surface area contributed by atoms with E-state index in [4.69, 9.17) is 16.0 Å². The van der Waals surface area contributed by atoms with E-state index in [1.54, 1.807) is 0 Å². The van der Waals surface area contributed by atoms with Gasteiger partial charge in [-0.05, 0) is 35.9 Å². The Labute approximate surface area is 135 Å². The van der Waals surface area contributed by atoms with Gasteiger partial charge in [-0.15, -0.1) is 0 Å². The number of hydrogen-bond acceptors (Lipinski definition) is 1. The van der Waals surface area contributed by atoms with Crippen LogP contribution in [-0.2, 0) is 0 Å². The van der Waals surface area contributed by atoms with E-state index in [0.717, 1.165) is 42.6 Å². The first kappa shape index (κ1) is 12.9. The zero-order valence-corrected chi connectivity index (χ0v) is 13.3. The van der Waals surface area contributed by atoms with Crippen LogP contribution in [0.2, 0.25) is 5.02 Å². The molecule has 0 radical (unpaired) electrons. The summed E-state index contributed by atoms with van der Waals surface area (Å²) in [5, 5.41) is 2.96. The third-order valence-electron chi connectivity index (χ3n) is 3.63. The van der Waals surface area contributed by atoms with Crippen LogP contribution in [0.3, 0.4) is 0 Å². The Morgan fingerprint density at radius 2 is 1.62 bits per heavy atom. The third kappa shape index (κ3) is 2.06. The third-order valence-corrected chi connectivity index (χ3v) is 4.60. The summed E-state index contributed by atoms with van der Waals surface area (Å²) in [6.07, 6.45) is 0. The molecule has 3 aromatic carbocycles. The maximum absolute atomic E-state index is 6.35. The van der Waals surface area contributed by atoms with Crippen molar-refractivity contribution in [3.8, 4) is 11.1 Å². The molecule has 0 N–H and O–H groups in total. The minimum absolute atomic E-state index is 0.733. The SMILES string of the molecule is Clc1cccc(Br)c1-c1ccc2oc3ccccc3c2c1. The molecule has 21 heavy (non-hydrogen) atoms. The molecule has 1 aromatic heterocycles. The Morgan fingerprint density at radius 1 is 0.810 bits per heavy atom. The lowest BCUT2D eigenvalue weighted by atomic mass is 10.0. The molecule has 102 valence electrons. The molecule has 4 aromatic rings. The van der Waals surface area contributed by atoms with Gasteiger partial charge >= 0.3 is 0 Å². The highest BCUT2D eigenvalue weighted by molar-refractivity contribution is 9.10. The van der Waals surface area contributed by atoms with E-state index < -0.39 is 0 Å². The average molecular weight is 358 g/mol. The number of para-hydroxylation sites is 1. The van der Waals surface area contributed by atoms with Gasteiger partial charge in [0.05, 0.1) is 0 Å². The summed E-state index contributed by atoms with van der Waals surface area (Å²) in [5.41, 5.74) is 3.88. The number of furan rings is 1. The molecule has 0 unspecified atom stereocenters. The molecule has 0 aliphatic rings. The van der Waals surface area contributed by atoms with E-state index in [9.17, 15) is 0 Å². The number of hydrogen-bond donors (Lipinski definition) is 0. The summed E-state index contributed by atoms with van der Waals surface area (Å²) >= 11 is 9.93. The topological polar surface area (TPSA) is 13.1 Å². The molecular formula is C18H10BrClO. The van der Waals surface area contributed by atoms with E-state index >= 15 is 0 Å². The molecular weight excluding hydrogens is 348 g/mol. The second-order valence-electron chi connectivity index (χ2n) is 4.91. The van der Waals surface area contributed by atoms with Gasteiger partial charge in [-0.3, -0.25) is 0 Å². The highest BCUT2D eigenvalue weighted by Crippen LogP contribution is 2.38. The highest BCUT2D eigenvalue weighted by atomic mass is 79.9. The molecule has 0 fully saturated rings. The summed E-state index contributed by atoms with van der Waals surface area (Å²) in [7, 11) is 0. The first-order valence-electron chi connectivity index (χ1n) is 6.60. The molecule has 0 aliphatic heterocycles. The molecule has 4 rings (SSSR count). The van der Waals surface area contributed by atoms with Gasteiger partial charge < -0.3 is 4.42 Å². The van der Waals surface area contributed by atoms with Crippen molar-refractivity contribution in [2.45, 2.75) is 0 Å². The summed E-state index contributed by atoms with van der Waals surface area (Å²) in [4.78, 5) is 0.